The highest BCUT2D eigenvalue weighted by molar-refractivity contribution is 6.30. The van der Waals surface area contributed by atoms with E-state index < -0.39 is 0 Å². The summed E-state index contributed by atoms with van der Waals surface area (Å²) < 4.78 is 27.5. The van der Waals surface area contributed by atoms with Crippen LogP contribution < -0.4 is 14.8 Å². The molecule has 1 amide bonds. The summed E-state index contributed by atoms with van der Waals surface area (Å²) in [5, 5.41) is 4.72. The summed E-state index contributed by atoms with van der Waals surface area (Å²) in [6.45, 7) is 1.28. The molecule has 0 aliphatic carbocycles. The van der Waals surface area contributed by atoms with E-state index >= 15 is 0 Å². The highest BCUT2D eigenvalue weighted by Crippen LogP contribution is 2.36. The molecule has 2 atom stereocenters. The molecule has 202 valence electrons. The van der Waals surface area contributed by atoms with Crippen molar-refractivity contribution in [2.24, 2.45) is 0 Å². The fraction of sp³-hybridized carbons (Fsp3) is 0.182. The molecule has 1 aliphatic heterocycles. The van der Waals surface area contributed by atoms with E-state index in [0.29, 0.717) is 36.2 Å². The second-order valence-electron chi connectivity index (χ2n) is 9.97. The van der Waals surface area contributed by atoms with E-state index in [2.05, 4.69) is 28.2 Å². The molecule has 40 heavy (non-hydrogen) atoms. The lowest BCUT2D eigenvalue weighted by molar-refractivity contribution is -0.121. The van der Waals surface area contributed by atoms with Gasteiger partial charge in [-0.1, -0.05) is 66.2 Å². The normalized spacial score (nSPS) is 15.1. The van der Waals surface area contributed by atoms with Crippen LogP contribution in [0.15, 0.2) is 103 Å². The Labute approximate surface area is 237 Å². The van der Waals surface area contributed by atoms with Crippen molar-refractivity contribution in [1.82, 2.24) is 9.88 Å². The zero-order valence-corrected chi connectivity index (χ0v) is 22.5. The van der Waals surface area contributed by atoms with Gasteiger partial charge in [0.15, 0.2) is 11.5 Å². The maximum absolute atomic E-state index is 13.5. The molecule has 4 aromatic carbocycles. The number of carbonyl (C=O) groups excluding carboxylic acids is 1. The Balaban J connectivity index is 1.26. The van der Waals surface area contributed by atoms with Gasteiger partial charge in [0.25, 0.3) is 0 Å². The Hall–Kier alpha value is -4.29. The standard InChI is InChI=1S/C33H28ClFN2O3/c34-24-7-5-6-23(16-24)28(17-33(38)36-18-26-21-39-31-10-3-4-11-32(31)40-26)29-20-37(30-9-2-1-8-27(29)30)19-22-12-14-25(35)15-13-22/h1-16,20,26,28H,17-19,21H2,(H,36,38). The van der Waals surface area contributed by atoms with Gasteiger partial charge in [-0.3, -0.25) is 4.79 Å². The molecule has 1 N–H and O–H groups in total. The molecule has 0 bridgehead atoms. The third-order valence-electron chi connectivity index (χ3n) is 7.20. The van der Waals surface area contributed by atoms with Crippen molar-refractivity contribution in [2.75, 3.05) is 13.2 Å². The fourth-order valence-corrected chi connectivity index (χ4v) is 5.45. The van der Waals surface area contributed by atoms with Gasteiger partial charge in [-0.2, -0.15) is 0 Å². The van der Waals surface area contributed by atoms with Crippen molar-refractivity contribution in [3.05, 3.63) is 131 Å². The highest BCUT2D eigenvalue weighted by Gasteiger charge is 2.25. The van der Waals surface area contributed by atoms with Gasteiger partial charge in [0.05, 0.1) is 6.54 Å². The summed E-state index contributed by atoms with van der Waals surface area (Å²) >= 11 is 6.39. The number of carbonyl (C=O) groups is 1. The molecule has 6 rings (SSSR count). The number of hydrogen-bond acceptors (Lipinski definition) is 3. The zero-order chi connectivity index (χ0) is 27.5. The van der Waals surface area contributed by atoms with E-state index in [1.165, 1.54) is 12.1 Å². The number of ether oxygens (including phenoxy) is 2. The number of para-hydroxylation sites is 3. The van der Waals surface area contributed by atoms with Crippen molar-refractivity contribution >= 4 is 28.4 Å². The van der Waals surface area contributed by atoms with E-state index in [4.69, 9.17) is 21.1 Å². The van der Waals surface area contributed by atoms with Gasteiger partial charge in [0, 0.05) is 41.0 Å². The molecular weight excluding hydrogens is 527 g/mol. The minimum atomic E-state index is -0.277. The Kier molecular flexibility index (Phi) is 7.43. The molecular formula is C33H28ClFN2O3. The summed E-state index contributed by atoms with van der Waals surface area (Å²) in [4.78, 5) is 13.4. The third kappa shape index (κ3) is 5.68. The molecule has 0 saturated carbocycles. The van der Waals surface area contributed by atoms with Crippen molar-refractivity contribution in [2.45, 2.75) is 25.0 Å². The lowest BCUT2D eigenvalue weighted by atomic mass is 9.88. The number of hydrogen-bond donors (Lipinski definition) is 1. The van der Waals surface area contributed by atoms with Crippen molar-refractivity contribution < 1.29 is 18.7 Å². The van der Waals surface area contributed by atoms with Crippen LogP contribution in [0.25, 0.3) is 10.9 Å². The van der Waals surface area contributed by atoms with Crippen LogP contribution in [0.2, 0.25) is 5.02 Å². The molecule has 7 heteroatoms. The molecule has 0 spiro atoms. The van der Waals surface area contributed by atoms with Gasteiger partial charge in [-0.25, -0.2) is 4.39 Å². The summed E-state index contributed by atoms with van der Waals surface area (Å²) in [6.07, 6.45) is 2.05. The van der Waals surface area contributed by atoms with Crippen LogP contribution in [0.1, 0.15) is 29.0 Å². The van der Waals surface area contributed by atoms with Crippen LogP contribution in [-0.2, 0) is 11.3 Å². The van der Waals surface area contributed by atoms with Gasteiger partial charge in [-0.15, -0.1) is 0 Å². The van der Waals surface area contributed by atoms with Gasteiger partial charge in [0.1, 0.15) is 18.5 Å². The maximum Gasteiger partial charge on any atom is 0.221 e. The molecule has 1 aliphatic rings. The topological polar surface area (TPSA) is 52.5 Å². The number of nitrogens with one attached hydrogen (secondary N) is 1. The second-order valence-corrected chi connectivity index (χ2v) is 10.4. The molecule has 5 aromatic rings. The van der Waals surface area contributed by atoms with E-state index in [0.717, 1.165) is 27.6 Å². The van der Waals surface area contributed by atoms with Gasteiger partial charge >= 0.3 is 0 Å². The number of halogens is 2. The first kappa shape index (κ1) is 26.0. The lowest BCUT2D eigenvalue weighted by Gasteiger charge is -2.26. The Morgan fingerprint density at radius 1 is 0.975 bits per heavy atom. The molecule has 0 saturated heterocycles. The molecule has 5 nitrogen and oxygen atoms in total. The number of fused-ring (bicyclic) bond motifs is 2. The predicted octanol–water partition coefficient (Wildman–Crippen LogP) is 6.96. The first-order valence-electron chi connectivity index (χ1n) is 13.3. The smallest absolute Gasteiger partial charge is 0.221 e. The van der Waals surface area contributed by atoms with Crippen LogP contribution in [0, 0.1) is 5.82 Å². The molecule has 2 heterocycles. The average molecular weight is 555 g/mol. The lowest BCUT2D eigenvalue weighted by Crippen LogP contribution is -2.41. The molecule has 1 aromatic heterocycles. The van der Waals surface area contributed by atoms with E-state index in [9.17, 15) is 9.18 Å². The number of benzene rings is 4. The van der Waals surface area contributed by atoms with Crippen LogP contribution in [-0.4, -0.2) is 29.7 Å². The first-order valence-corrected chi connectivity index (χ1v) is 13.6. The van der Waals surface area contributed by atoms with Crippen LogP contribution in [0.3, 0.4) is 0 Å². The van der Waals surface area contributed by atoms with Crippen LogP contribution >= 0.6 is 11.6 Å². The fourth-order valence-electron chi connectivity index (χ4n) is 5.25. The van der Waals surface area contributed by atoms with Gasteiger partial charge in [-0.05, 0) is 59.2 Å². The second kappa shape index (κ2) is 11.4. The van der Waals surface area contributed by atoms with Gasteiger partial charge < -0.3 is 19.4 Å². The predicted molar refractivity (Wildman–Crippen MR) is 155 cm³/mol. The third-order valence-corrected chi connectivity index (χ3v) is 7.43. The number of nitrogens with zero attached hydrogens (tertiary/aromatic N) is 1. The first-order chi connectivity index (χ1) is 19.5. The molecule has 2 unspecified atom stereocenters. The number of rotatable bonds is 8. The van der Waals surface area contributed by atoms with Crippen molar-refractivity contribution in [3.63, 3.8) is 0 Å². The number of amides is 1. The summed E-state index contributed by atoms with van der Waals surface area (Å²) in [5.41, 5.74) is 4.02. The van der Waals surface area contributed by atoms with Crippen molar-refractivity contribution in [1.29, 1.82) is 0 Å². The van der Waals surface area contributed by atoms with Gasteiger partial charge in [0.2, 0.25) is 5.91 Å². The van der Waals surface area contributed by atoms with E-state index in [-0.39, 0.29) is 30.2 Å². The monoisotopic (exact) mass is 554 g/mol. The summed E-state index contributed by atoms with van der Waals surface area (Å²) in [7, 11) is 0. The Morgan fingerprint density at radius 2 is 1.75 bits per heavy atom. The summed E-state index contributed by atoms with van der Waals surface area (Å²) in [5.74, 6) is 0.801. The average Bonchev–Trinajstić information content (AvgIpc) is 3.34. The van der Waals surface area contributed by atoms with Crippen LogP contribution in [0.4, 0.5) is 4.39 Å². The minimum absolute atomic E-state index is 0.0946. The Morgan fingerprint density at radius 3 is 2.58 bits per heavy atom. The van der Waals surface area contributed by atoms with Crippen LogP contribution in [0.5, 0.6) is 11.5 Å². The summed E-state index contributed by atoms with van der Waals surface area (Å²) in [6, 6.07) is 29.9. The van der Waals surface area contributed by atoms with E-state index in [1.807, 2.05) is 60.7 Å². The highest BCUT2D eigenvalue weighted by atomic mass is 35.5. The van der Waals surface area contributed by atoms with E-state index in [1.54, 1.807) is 12.1 Å². The maximum atomic E-state index is 13.5. The minimum Gasteiger partial charge on any atom is -0.486 e. The quantitative estimate of drug-likeness (QED) is 0.225. The van der Waals surface area contributed by atoms with Crippen molar-refractivity contribution in [3.8, 4) is 11.5 Å². The molecule has 0 radical (unpaired) electrons. The Bertz CT molecular complexity index is 1650. The largest absolute Gasteiger partial charge is 0.486 e. The zero-order valence-electron chi connectivity index (χ0n) is 21.7. The molecule has 0 fully saturated rings. The SMILES string of the molecule is O=C(CC(c1cccc(Cl)c1)c1cn(Cc2ccc(F)cc2)c2ccccc12)NCC1COc2ccccc2O1. The number of aromatic nitrogens is 1.